The lowest BCUT2D eigenvalue weighted by Gasteiger charge is -2.27. The molecule has 51 heavy (non-hydrogen) atoms. The molecule has 0 radical (unpaired) electrons. The number of carbonyl (C=O) groups excluding carboxylic acids is 6. The van der Waals surface area contributed by atoms with Gasteiger partial charge in [-0.05, 0) is 72.4 Å². The third-order valence-electron chi connectivity index (χ3n) is 9.68. The number of nitrogens with one attached hydrogen (secondary N) is 3. The number of piperidine rings is 1. The first kappa shape index (κ1) is 34.2. The Morgan fingerprint density at radius 2 is 1.76 bits per heavy atom. The average Bonchev–Trinajstić information content (AvgIpc) is 3.53. The third kappa shape index (κ3) is 6.65. The van der Waals surface area contributed by atoms with E-state index < -0.39 is 35.5 Å². The van der Waals surface area contributed by atoms with Crippen LogP contribution in [0.3, 0.4) is 0 Å². The monoisotopic (exact) mass is 709 g/mol. The van der Waals surface area contributed by atoms with E-state index in [-0.39, 0.29) is 30.2 Å². The van der Waals surface area contributed by atoms with Crippen LogP contribution < -0.4 is 10.6 Å². The molecular formula is C38H36FN5O6S. The van der Waals surface area contributed by atoms with Crippen LogP contribution in [-0.2, 0) is 27.3 Å². The summed E-state index contributed by atoms with van der Waals surface area (Å²) in [6.07, 6.45) is 3.53. The molecule has 1 aromatic heterocycles. The summed E-state index contributed by atoms with van der Waals surface area (Å²) in [5, 5.41) is 5.81. The van der Waals surface area contributed by atoms with E-state index in [4.69, 9.17) is 0 Å². The van der Waals surface area contributed by atoms with Gasteiger partial charge >= 0.3 is 0 Å². The lowest BCUT2D eigenvalue weighted by molar-refractivity contribution is -0.136. The summed E-state index contributed by atoms with van der Waals surface area (Å²) in [6, 6.07) is 14.7. The normalized spacial score (nSPS) is 17.0. The van der Waals surface area contributed by atoms with E-state index in [1.54, 1.807) is 30.1 Å². The second-order valence-electron chi connectivity index (χ2n) is 13.1. The molecule has 13 heteroatoms. The van der Waals surface area contributed by atoms with Gasteiger partial charge in [-0.3, -0.25) is 39.0 Å². The maximum Gasteiger partial charge on any atom is 0.263 e. The first-order chi connectivity index (χ1) is 24.6. The maximum atomic E-state index is 14.3. The van der Waals surface area contributed by atoms with E-state index in [9.17, 15) is 33.2 Å². The molecule has 1 atom stereocenters. The summed E-state index contributed by atoms with van der Waals surface area (Å²) in [5.74, 6) is -2.11. The molecule has 6 amide bonds. The van der Waals surface area contributed by atoms with E-state index in [0.717, 1.165) is 45.5 Å². The van der Waals surface area contributed by atoms with Crippen LogP contribution in [0.4, 0.5) is 4.39 Å². The van der Waals surface area contributed by atoms with Crippen LogP contribution in [0.25, 0.3) is 22.2 Å². The molecule has 3 aliphatic heterocycles. The van der Waals surface area contributed by atoms with Crippen LogP contribution >= 0.6 is 11.8 Å². The van der Waals surface area contributed by atoms with Crippen molar-refractivity contribution in [2.75, 3.05) is 19.3 Å². The highest BCUT2D eigenvalue weighted by Crippen LogP contribution is 2.36. The number of unbranched alkanes of at least 4 members (excludes halogenated alkanes) is 2. The standard InChI is InChI=1S/C38H36FN5O6S/c1-43(20-21-9-11-22(12-10-21)34-24-15-16-40-35(47)26-18-23(39)19-27(41-34)32(24)26)31(46)8-3-2-4-17-51-29-7-5-6-25-33(29)38(50)44(37(25)49)28-13-14-30(45)42-36(28)48/h5-7,9-12,18-19,28,41H,2-4,8,13-17,20H2,1H3,(H,40,47)(H,42,45,48). The molecule has 3 aromatic carbocycles. The zero-order valence-electron chi connectivity index (χ0n) is 28.0. The number of thioether (sulfide) groups is 1. The van der Waals surface area contributed by atoms with Gasteiger partial charge in [-0.2, -0.15) is 0 Å². The number of nitrogens with zero attached hydrogens (tertiary/aromatic N) is 2. The molecule has 11 nitrogen and oxygen atoms in total. The van der Waals surface area contributed by atoms with Crippen molar-refractivity contribution in [1.82, 2.24) is 25.4 Å². The van der Waals surface area contributed by atoms with Gasteiger partial charge in [-0.25, -0.2) is 4.39 Å². The van der Waals surface area contributed by atoms with Crippen molar-refractivity contribution in [3.05, 3.63) is 88.2 Å². The van der Waals surface area contributed by atoms with Crippen molar-refractivity contribution >= 4 is 58.1 Å². The van der Waals surface area contributed by atoms with Gasteiger partial charge in [0.05, 0.1) is 16.7 Å². The predicted octanol–water partition coefficient (Wildman–Crippen LogP) is 4.97. The van der Waals surface area contributed by atoms with Crippen molar-refractivity contribution in [3.8, 4) is 11.3 Å². The van der Waals surface area contributed by atoms with Gasteiger partial charge in [-0.1, -0.05) is 36.8 Å². The van der Waals surface area contributed by atoms with Crippen LogP contribution in [0.15, 0.2) is 59.5 Å². The van der Waals surface area contributed by atoms with E-state index in [1.807, 2.05) is 24.3 Å². The third-order valence-corrected chi connectivity index (χ3v) is 10.8. The van der Waals surface area contributed by atoms with Crippen molar-refractivity contribution in [2.24, 2.45) is 0 Å². The molecule has 1 unspecified atom stereocenters. The summed E-state index contributed by atoms with van der Waals surface area (Å²) in [4.78, 5) is 82.5. The lowest BCUT2D eigenvalue weighted by atomic mass is 9.99. The van der Waals surface area contributed by atoms with Crippen LogP contribution in [0, 0.1) is 5.82 Å². The minimum atomic E-state index is -1.00. The Morgan fingerprint density at radius 3 is 2.55 bits per heavy atom. The van der Waals surface area contributed by atoms with Crippen molar-refractivity contribution in [2.45, 2.75) is 62.4 Å². The minimum Gasteiger partial charge on any atom is -0.354 e. The fourth-order valence-electron chi connectivity index (χ4n) is 7.11. The molecule has 0 spiro atoms. The zero-order valence-corrected chi connectivity index (χ0v) is 28.8. The fourth-order valence-corrected chi connectivity index (χ4v) is 8.19. The second kappa shape index (κ2) is 14.1. The number of aromatic nitrogens is 1. The van der Waals surface area contributed by atoms with Gasteiger partial charge in [0.25, 0.3) is 17.7 Å². The quantitative estimate of drug-likeness (QED) is 0.113. The first-order valence-electron chi connectivity index (χ1n) is 17.0. The Kier molecular flexibility index (Phi) is 9.47. The molecule has 7 rings (SSSR count). The number of carbonyl (C=O) groups is 6. The number of amides is 6. The number of fused-ring (bicyclic) bond motifs is 1. The molecule has 4 heterocycles. The van der Waals surface area contributed by atoms with E-state index in [2.05, 4.69) is 15.6 Å². The largest absolute Gasteiger partial charge is 0.354 e. The summed E-state index contributed by atoms with van der Waals surface area (Å²) in [5.41, 5.74) is 5.21. The molecule has 4 aromatic rings. The van der Waals surface area contributed by atoms with E-state index >= 15 is 0 Å². The van der Waals surface area contributed by atoms with Crippen LogP contribution in [-0.4, -0.2) is 75.6 Å². The number of rotatable bonds is 11. The van der Waals surface area contributed by atoms with Gasteiger partial charge in [0.1, 0.15) is 11.9 Å². The van der Waals surface area contributed by atoms with Crippen LogP contribution in [0.2, 0.25) is 0 Å². The van der Waals surface area contributed by atoms with Crippen molar-refractivity contribution in [3.63, 3.8) is 0 Å². The fraction of sp³-hybridized carbons (Fsp3) is 0.316. The molecule has 3 aliphatic rings. The summed E-state index contributed by atoms with van der Waals surface area (Å²) < 4.78 is 14.3. The van der Waals surface area contributed by atoms with Gasteiger partial charge in [0, 0.05) is 54.5 Å². The zero-order chi connectivity index (χ0) is 35.8. The maximum absolute atomic E-state index is 14.3. The predicted molar refractivity (Wildman–Crippen MR) is 189 cm³/mol. The van der Waals surface area contributed by atoms with Gasteiger partial charge in [-0.15, -0.1) is 11.8 Å². The van der Waals surface area contributed by atoms with Crippen LogP contribution in [0.5, 0.6) is 0 Å². The molecule has 262 valence electrons. The molecule has 0 aliphatic carbocycles. The van der Waals surface area contributed by atoms with E-state index in [1.165, 1.54) is 23.9 Å². The molecule has 3 N–H and O–H groups in total. The number of imide groups is 2. The number of halogens is 1. The number of hydrogen-bond acceptors (Lipinski definition) is 7. The topological polar surface area (TPSA) is 149 Å². The lowest BCUT2D eigenvalue weighted by Crippen LogP contribution is -2.54. The molecule has 0 bridgehead atoms. The Bertz CT molecular complexity index is 2110. The second-order valence-corrected chi connectivity index (χ2v) is 14.2. The van der Waals surface area contributed by atoms with E-state index in [0.29, 0.717) is 59.6 Å². The Labute approximate surface area is 297 Å². The Hall–Kier alpha value is -5.30. The molecule has 0 saturated carbocycles. The van der Waals surface area contributed by atoms with Gasteiger partial charge in [0.2, 0.25) is 17.7 Å². The minimum absolute atomic E-state index is 0.0354. The summed E-state index contributed by atoms with van der Waals surface area (Å²) in [6.45, 7) is 0.911. The number of benzene rings is 3. The Balaban J connectivity index is 0.888. The SMILES string of the molecule is CN(Cc1ccc(-c2[nH]c3cc(F)cc4c3c2CCNC4=O)cc1)C(=O)CCCCCSc1cccc2c1C(=O)N(C1CCC(=O)NC1=O)C2=O. The molecule has 1 fully saturated rings. The summed E-state index contributed by atoms with van der Waals surface area (Å²) >= 11 is 1.47. The smallest absolute Gasteiger partial charge is 0.263 e. The summed E-state index contributed by atoms with van der Waals surface area (Å²) in [7, 11) is 1.78. The number of hydrogen-bond donors (Lipinski definition) is 3. The molecular weight excluding hydrogens is 674 g/mol. The highest BCUT2D eigenvalue weighted by atomic mass is 32.2. The first-order valence-corrected chi connectivity index (χ1v) is 18.0. The van der Waals surface area contributed by atoms with Crippen LogP contribution in [0.1, 0.15) is 80.7 Å². The highest BCUT2D eigenvalue weighted by Gasteiger charge is 2.45. The molecule has 1 saturated heterocycles. The van der Waals surface area contributed by atoms with Crippen molar-refractivity contribution < 1.29 is 33.2 Å². The van der Waals surface area contributed by atoms with Crippen molar-refractivity contribution in [1.29, 1.82) is 0 Å². The highest BCUT2D eigenvalue weighted by molar-refractivity contribution is 7.99. The van der Waals surface area contributed by atoms with Gasteiger partial charge < -0.3 is 15.2 Å². The van der Waals surface area contributed by atoms with Gasteiger partial charge in [0.15, 0.2) is 0 Å². The Morgan fingerprint density at radius 1 is 0.961 bits per heavy atom. The number of H-pyrrole nitrogens is 1. The number of aromatic amines is 1. The average molecular weight is 710 g/mol.